The van der Waals surface area contributed by atoms with Crippen molar-refractivity contribution < 1.29 is 4.79 Å². The fourth-order valence-electron chi connectivity index (χ4n) is 4.53. The summed E-state index contributed by atoms with van der Waals surface area (Å²) >= 11 is 0. The largest absolute Gasteiger partial charge is 0.334 e. The van der Waals surface area contributed by atoms with Gasteiger partial charge < -0.3 is 10.6 Å². The van der Waals surface area contributed by atoms with Crippen LogP contribution >= 0.6 is 0 Å². The summed E-state index contributed by atoms with van der Waals surface area (Å²) in [6.07, 6.45) is 4.14. The van der Waals surface area contributed by atoms with Gasteiger partial charge in [0.25, 0.3) is 0 Å². The number of rotatable bonds is 10. The van der Waals surface area contributed by atoms with Gasteiger partial charge in [-0.1, -0.05) is 56.7 Å². The SMILES string of the molecule is CC(C)=Nc1cccc(Cc2ccc(CNC(=O)Nc3cc(C)c(C)cc3CCCC(C)C)cc2C)c1. The number of anilines is 1. The molecule has 0 saturated carbocycles. The molecule has 4 nitrogen and oxygen atoms in total. The number of hydrogen-bond donors (Lipinski definition) is 2. The quantitative estimate of drug-likeness (QED) is 0.271. The van der Waals surface area contributed by atoms with Gasteiger partial charge in [-0.05, 0) is 117 Å². The molecule has 0 aliphatic carbocycles. The molecule has 0 saturated heterocycles. The second kappa shape index (κ2) is 13.2. The van der Waals surface area contributed by atoms with Crippen LogP contribution in [0.25, 0.3) is 0 Å². The smallest absolute Gasteiger partial charge is 0.319 e. The molecule has 4 heteroatoms. The van der Waals surface area contributed by atoms with Gasteiger partial charge in [-0.25, -0.2) is 4.79 Å². The number of aryl methyl sites for hydroxylation is 4. The molecule has 2 N–H and O–H groups in total. The molecule has 0 aliphatic heterocycles. The molecule has 0 fully saturated rings. The van der Waals surface area contributed by atoms with Crippen molar-refractivity contribution in [2.75, 3.05) is 5.32 Å². The number of aliphatic imine (C=N–C) groups is 1. The molecule has 0 unspecified atom stereocenters. The maximum atomic E-state index is 12.8. The van der Waals surface area contributed by atoms with Crippen molar-refractivity contribution in [1.82, 2.24) is 5.32 Å². The van der Waals surface area contributed by atoms with Gasteiger partial charge >= 0.3 is 6.03 Å². The average Bonchev–Trinajstić information content (AvgIpc) is 2.82. The van der Waals surface area contributed by atoms with Crippen molar-refractivity contribution in [3.63, 3.8) is 0 Å². The van der Waals surface area contributed by atoms with E-state index < -0.39 is 0 Å². The molecule has 0 bridgehead atoms. The third-order valence-electron chi connectivity index (χ3n) is 6.71. The molecule has 2 amide bonds. The Bertz CT molecular complexity index is 1250. The minimum atomic E-state index is -0.168. The number of urea groups is 1. The highest BCUT2D eigenvalue weighted by Gasteiger charge is 2.10. The topological polar surface area (TPSA) is 53.5 Å². The third-order valence-corrected chi connectivity index (χ3v) is 6.71. The zero-order valence-corrected chi connectivity index (χ0v) is 23.7. The Hall–Kier alpha value is -3.40. The summed E-state index contributed by atoms with van der Waals surface area (Å²) in [5.41, 5.74) is 11.5. The summed E-state index contributed by atoms with van der Waals surface area (Å²) in [5.74, 6) is 0.686. The van der Waals surface area contributed by atoms with E-state index in [1.54, 1.807) is 0 Å². The zero-order valence-electron chi connectivity index (χ0n) is 23.7. The van der Waals surface area contributed by atoms with Crippen LogP contribution in [0.1, 0.15) is 79.5 Å². The van der Waals surface area contributed by atoms with Crippen molar-refractivity contribution in [1.29, 1.82) is 0 Å². The minimum absolute atomic E-state index is 0.168. The lowest BCUT2D eigenvalue weighted by Crippen LogP contribution is -2.28. The number of hydrogen-bond acceptors (Lipinski definition) is 2. The highest BCUT2D eigenvalue weighted by atomic mass is 16.2. The summed E-state index contributed by atoms with van der Waals surface area (Å²) in [7, 11) is 0. The van der Waals surface area contributed by atoms with Crippen molar-refractivity contribution in [3.05, 3.63) is 93.5 Å². The molecule has 3 rings (SSSR count). The van der Waals surface area contributed by atoms with Gasteiger partial charge in [-0.2, -0.15) is 0 Å². The first kappa shape index (κ1) is 28.2. The van der Waals surface area contributed by atoms with Crippen molar-refractivity contribution >= 4 is 23.1 Å². The van der Waals surface area contributed by atoms with Gasteiger partial charge in [0.1, 0.15) is 0 Å². The molecule has 37 heavy (non-hydrogen) atoms. The minimum Gasteiger partial charge on any atom is -0.334 e. The molecule has 3 aromatic rings. The Morgan fingerprint density at radius 1 is 0.865 bits per heavy atom. The first-order valence-electron chi connectivity index (χ1n) is 13.4. The van der Waals surface area contributed by atoms with Crippen LogP contribution in [0.4, 0.5) is 16.2 Å². The van der Waals surface area contributed by atoms with E-state index in [4.69, 9.17) is 0 Å². The Morgan fingerprint density at radius 3 is 2.32 bits per heavy atom. The highest BCUT2D eigenvalue weighted by Crippen LogP contribution is 2.24. The van der Waals surface area contributed by atoms with Crippen molar-refractivity contribution in [2.24, 2.45) is 10.9 Å². The lowest BCUT2D eigenvalue weighted by atomic mass is 9.97. The van der Waals surface area contributed by atoms with Crippen molar-refractivity contribution in [2.45, 2.75) is 80.7 Å². The van der Waals surface area contributed by atoms with Crippen LogP contribution in [-0.2, 0) is 19.4 Å². The Balaban J connectivity index is 1.61. The monoisotopic (exact) mass is 497 g/mol. The first-order valence-corrected chi connectivity index (χ1v) is 13.4. The molecular weight excluding hydrogens is 454 g/mol. The molecule has 0 radical (unpaired) electrons. The average molecular weight is 498 g/mol. The molecule has 0 aromatic heterocycles. The summed E-state index contributed by atoms with van der Waals surface area (Å²) in [6, 6.07) is 19.0. The number of benzene rings is 3. The van der Waals surface area contributed by atoms with Crippen LogP contribution in [0.2, 0.25) is 0 Å². The van der Waals surface area contributed by atoms with Gasteiger partial charge in [-0.3, -0.25) is 4.99 Å². The van der Waals surface area contributed by atoms with Crippen LogP contribution in [0.3, 0.4) is 0 Å². The summed E-state index contributed by atoms with van der Waals surface area (Å²) in [5, 5.41) is 6.14. The van der Waals surface area contributed by atoms with E-state index in [1.165, 1.54) is 39.8 Å². The fraction of sp³-hybridized carbons (Fsp3) is 0.394. The lowest BCUT2D eigenvalue weighted by molar-refractivity contribution is 0.251. The van der Waals surface area contributed by atoms with Gasteiger partial charge in [-0.15, -0.1) is 0 Å². The normalized spacial score (nSPS) is 10.9. The summed E-state index contributed by atoms with van der Waals surface area (Å²) in [6.45, 7) is 15.4. The summed E-state index contributed by atoms with van der Waals surface area (Å²) in [4.78, 5) is 17.4. The van der Waals surface area contributed by atoms with Crippen LogP contribution in [-0.4, -0.2) is 11.7 Å². The zero-order chi connectivity index (χ0) is 26.9. The van der Waals surface area contributed by atoms with E-state index in [9.17, 15) is 4.79 Å². The van der Waals surface area contributed by atoms with E-state index in [0.29, 0.717) is 12.5 Å². The number of carbonyl (C=O) groups is 1. The van der Waals surface area contributed by atoms with Gasteiger partial charge in [0.05, 0.1) is 5.69 Å². The second-order valence-electron chi connectivity index (χ2n) is 10.9. The van der Waals surface area contributed by atoms with Gasteiger partial charge in [0.15, 0.2) is 0 Å². The predicted octanol–water partition coefficient (Wildman–Crippen LogP) is 8.62. The maximum absolute atomic E-state index is 12.8. The van der Waals surface area contributed by atoms with E-state index in [-0.39, 0.29) is 6.03 Å². The second-order valence-corrected chi connectivity index (χ2v) is 10.9. The van der Waals surface area contributed by atoms with Gasteiger partial charge in [0.2, 0.25) is 0 Å². The highest BCUT2D eigenvalue weighted by molar-refractivity contribution is 5.90. The molecule has 196 valence electrons. The van der Waals surface area contributed by atoms with Crippen LogP contribution < -0.4 is 10.6 Å². The van der Waals surface area contributed by atoms with Crippen LogP contribution in [0, 0.1) is 26.7 Å². The number of nitrogens with zero attached hydrogens (tertiary/aromatic N) is 1. The Labute approximate surface area is 223 Å². The van der Waals surface area contributed by atoms with E-state index in [1.807, 2.05) is 19.9 Å². The molecule has 0 spiro atoms. The van der Waals surface area contributed by atoms with Crippen LogP contribution in [0.15, 0.2) is 59.6 Å². The molecule has 0 heterocycles. The summed E-state index contributed by atoms with van der Waals surface area (Å²) < 4.78 is 0. The van der Waals surface area contributed by atoms with Crippen LogP contribution in [0.5, 0.6) is 0 Å². The van der Waals surface area contributed by atoms with E-state index >= 15 is 0 Å². The standard InChI is InChI=1S/C33H43N3O/c1-22(2)10-8-12-30-17-24(5)25(6)18-32(30)36-33(37)34-21-28-14-15-29(26(7)16-28)19-27-11-9-13-31(20-27)35-23(3)4/h9,11,13-18,20,22H,8,10,12,19,21H2,1-7H3,(H2,34,36,37). The number of amides is 2. The lowest BCUT2D eigenvalue weighted by Gasteiger charge is -2.16. The first-order chi connectivity index (χ1) is 17.6. The number of carbonyl (C=O) groups excluding carboxylic acids is 1. The van der Waals surface area contributed by atoms with E-state index in [0.717, 1.165) is 41.9 Å². The predicted molar refractivity (Wildman–Crippen MR) is 158 cm³/mol. The maximum Gasteiger partial charge on any atom is 0.319 e. The van der Waals surface area contributed by atoms with Crippen molar-refractivity contribution in [3.8, 4) is 0 Å². The molecular formula is C33H43N3O. The fourth-order valence-corrected chi connectivity index (χ4v) is 4.53. The molecule has 3 aromatic carbocycles. The Morgan fingerprint density at radius 2 is 1.62 bits per heavy atom. The Kier molecular flexibility index (Phi) is 10.1. The van der Waals surface area contributed by atoms with E-state index in [2.05, 4.69) is 98.8 Å². The van der Waals surface area contributed by atoms with Gasteiger partial charge in [0, 0.05) is 17.9 Å². The third kappa shape index (κ3) is 8.89. The molecule has 0 atom stereocenters. The molecule has 0 aliphatic rings. The number of nitrogens with one attached hydrogen (secondary N) is 2.